The Bertz CT molecular complexity index is 1460. The Morgan fingerprint density at radius 3 is 2.61 bits per heavy atom. The van der Waals surface area contributed by atoms with Gasteiger partial charge in [0, 0.05) is 29.7 Å². The number of aromatic nitrogens is 3. The van der Waals surface area contributed by atoms with E-state index < -0.39 is 4.92 Å². The summed E-state index contributed by atoms with van der Waals surface area (Å²) in [6.45, 7) is 0. The van der Waals surface area contributed by atoms with Crippen molar-refractivity contribution in [3.8, 4) is 5.69 Å². The zero-order chi connectivity index (χ0) is 19.3. The molecule has 0 saturated carbocycles. The Kier molecular flexibility index (Phi) is 3.59. The van der Waals surface area contributed by atoms with Crippen LogP contribution in [0.5, 0.6) is 0 Å². The third-order valence-electron chi connectivity index (χ3n) is 4.54. The lowest BCUT2D eigenvalue weighted by Gasteiger charge is -2.05. The molecule has 5 rings (SSSR count). The number of hydrogen-bond acceptors (Lipinski definition) is 5. The summed E-state index contributed by atoms with van der Waals surface area (Å²) in [5.74, 6) is 0. The minimum atomic E-state index is -0.429. The van der Waals surface area contributed by atoms with Gasteiger partial charge in [-0.2, -0.15) is 0 Å². The first kappa shape index (κ1) is 16.4. The topological polar surface area (TPSA) is 82.4 Å². The Labute approximate surface area is 161 Å². The Morgan fingerprint density at radius 2 is 1.82 bits per heavy atom. The molecular weight excluding hydrogens is 376 g/mol. The van der Waals surface area contributed by atoms with E-state index in [2.05, 4.69) is 4.98 Å². The van der Waals surface area contributed by atoms with Crippen LogP contribution in [0.2, 0.25) is 0 Å². The first-order valence-corrected chi connectivity index (χ1v) is 9.27. The van der Waals surface area contributed by atoms with Gasteiger partial charge in [-0.25, -0.2) is 9.38 Å². The predicted molar refractivity (Wildman–Crippen MR) is 108 cm³/mol. The van der Waals surface area contributed by atoms with Gasteiger partial charge >= 0.3 is 0 Å². The molecule has 8 heteroatoms. The predicted octanol–water partition coefficient (Wildman–Crippen LogP) is 3.16. The number of para-hydroxylation sites is 2. The first-order valence-electron chi connectivity index (χ1n) is 8.46. The second-order valence-corrected chi connectivity index (χ2v) is 7.22. The highest BCUT2D eigenvalue weighted by molar-refractivity contribution is 7.15. The van der Waals surface area contributed by atoms with E-state index in [1.165, 1.54) is 23.5 Å². The van der Waals surface area contributed by atoms with Crippen LogP contribution in [-0.4, -0.2) is 18.9 Å². The number of rotatable bonds is 3. The summed E-state index contributed by atoms with van der Waals surface area (Å²) in [5.41, 5.74) is 3.11. The molecule has 0 amide bonds. The minimum absolute atomic E-state index is 0.0367. The molecule has 7 nitrogen and oxygen atoms in total. The second-order valence-electron chi connectivity index (χ2n) is 6.21. The Hall–Kier alpha value is -3.78. The van der Waals surface area contributed by atoms with Crippen LogP contribution in [0.3, 0.4) is 0 Å². The summed E-state index contributed by atoms with van der Waals surface area (Å²) in [5, 5.41) is 10.8. The third kappa shape index (κ3) is 2.50. The van der Waals surface area contributed by atoms with Gasteiger partial charge in [-0.05, 0) is 42.5 Å². The fraction of sp³-hybridized carbons (Fsp3) is 0. The molecular formula is C20H12N4O3S. The summed E-state index contributed by atoms with van der Waals surface area (Å²) in [7, 11) is 0. The number of nitrogens with zero attached hydrogens (tertiary/aromatic N) is 4. The molecule has 0 aliphatic rings. The van der Waals surface area contributed by atoms with Crippen molar-refractivity contribution < 1.29 is 4.92 Å². The third-order valence-corrected chi connectivity index (χ3v) is 5.51. The number of nitro groups is 1. The van der Waals surface area contributed by atoms with Crippen LogP contribution in [0.4, 0.5) is 5.69 Å². The van der Waals surface area contributed by atoms with E-state index in [1.807, 2.05) is 53.2 Å². The van der Waals surface area contributed by atoms with Crippen molar-refractivity contribution in [3.05, 3.63) is 97.6 Å². The average Bonchev–Trinajstić information content (AvgIpc) is 3.38. The zero-order valence-corrected chi connectivity index (χ0v) is 15.2. The molecule has 0 atom stereocenters. The van der Waals surface area contributed by atoms with E-state index in [-0.39, 0.29) is 11.2 Å². The molecule has 0 spiro atoms. The van der Waals surface area contributed by atoms with E-state index in [0.717, 1.165) is 22.4 Å². The molecule has 0 N–H and O–H groups in total. The first-order chi connectivity index (χ1) is 13.6. The standard InChI is InChI=1S/C20H12N4O3S/c25-19-18(28-20-21-16-5-1-2-6-17(16)23(19)20)12-15-4-3-11-22(15)13-7-9-14(10-8-13)24(26)27/h1-12H/b18-12-. The lowest BCUT2D eigenvalue weighted by Crippen LogP contribution is -2.23. The van der Waals surface area contributed by atoms with E-state index in [9.17, 15) is 14.9 Å². The smallest absolute Gasteiger partial charge is 0.275 e. The molecule has 5 aromatic rings. The van der Waals surface area contributed by atoms with Crippen LogP contribution < -0.4 is 10.1 Å². The van der Waals surface area contributed by atoms with Crippen LogP contribution >= 0.6 is 11.3 Å². The van der Waals surface area contributed by atoms with Crippen LogP contribution in [0, 0.1) is 10.1 Å². The summed E-state index contributed by atoms with van der Waals surface area (Å²) in [6, 6.07) is 17.6. The van der Waals surface area contributed by atoms with Gasteiger partial charge in [0.15, 0.2) is 4.96 Å². The summed E-state index contributed by atoms with van der Waals surface area (Å²) in [6.07, 6.45) is 3.67. The van der Waals surface area contributed by atoms with Crippen molar-refractivity contribution in [2.45, 2.75) is 0 Å². The number of imidazole rings is 1. The molecule has 3 heterocycles. The summed E-state index contributed by atoms with van der Waals surface area (Å²) < 4.78 is 4.09. The van der Waals surface area contributed by atoms with Gasteiger partial charge in [0.25, 0.3) is 11.2 Å². The van der Waals surface area contributed by atoms with Gasteiger partial charge < -0.3 is 4.57 Å². The molecule has 3 aromatic heterocycles. The van der Waals surface area contributed by atoms with Gasteiger partial charge in [-0.3, -0.25) is 14.9 Å². The molecule has 0 unspecified atom stereocenters. The van der Waals surface area contributed by atoms with Gasteiger partial charge in [0.05, 0.1) is 20.5 Å². The zero-order valence-electron chi connectivity index (χ0n) is 14.4. The lowest BCUT2D eigenvalue weighted by atomic mass is 10.2. The molecule has 2 aromatic carbocycles. The molecule has 136 valence electrons. The summed E-state index contributed by atoms with van der Waals surface area (Å²) in [4.78, 5) is 28.5. The molecule has 0 radical (unpaired) electrons. The number of thiazole rings is 1. The van der Waals surface area contributed by atoms with Crippen molar-refractivity contribution in [1.82, 2.24) is 14.0 Å². The molecule has 0 fully saturated rings. The fourth-order valence-electron chi connectivity index (χ4n) is 3.23. The molecule has 0 bridgehead atoms. The van der Waals surface area contributed by atoms with Crippen LogP contribution in [-0.2, 0) is 0 Å². The average molecular weight is 388 g/mol. The second kappa shape index (κ2) is 6.14. The van der Waals surface area contributed by atoms with Gasteiger partial charge in [-0.15, -0.1) is 0 Å². The summed E-state index contributed by atoms with van der Waals surface area (Å²) >= 11 is 1.34. The highest BCUT2D eigenvalue weighted by atomic mass is 32.1. The van der Waals surface area contributed by atoms with Crippen LogP contribution in [0.25, 0.3) is 27.8 Å². The highest BCUT2D eigenvalue weighted by Gasteiger charge is 2.11. The Morgan fingerprint density at radius 1 is 1.04 bits per heavy atom. The lowest BCUT2D eigenvalue weighted by molar-refractivity contribution is -0.384. The number of nitro benzene ring substituents is 1. The maximum Gasteiger partial charge on any atom is 0.275 e. The van der Waals surface area contributed by atoms with E-state index in [0.29, 0.717) is 9.49 Å². The maximum atomic E-state index is 12.9. The number of hydrogen-bond donors (Lipinski definition) is 0. The quantitative estimate of drug-likeness (QED) is 0.351. The SMILES string of the molecule is O=c1/c(=C/c2cccn2-c2ccc([N+](=O)[O-])cc2)sc2nc3ccccc3n12. The largest absolute Gasteiger partial charge is 0.317 e. The number of fused-ring (bicyclic) bond motifs is 3. The van der Waals surface area contributed by atoms with Crippen molar-refractivity contribution in [2.75, 3.05) is 0 Å². The monoisotopic (exact) mass is 388 g/mol. The fourth-order valence-corrected chi connectivity index (χ4v) is 4.20. The van der Waals surface area contributed by atoms with E-state index in [1.54, 1.807) is 16.5 Å². The van der Waals surface area contributed by atoms with Crippen LogP contribution in [0.1, 0.15) is 5.69 Å². The number of non-ortho nitro benzene ring substituents is 1. The highest BCUT2D eigenvalue weighted by Crippen LogP contribution is 2.19. The molecule has 0 aliphatic carbocycles. The van der Waals surface area contributed by atoms with E-state index >= 15 is 0 Å². The molecule has 28 heavy (non-hydrogen) atoms. The van der Waals surface area contributed by atoms with Crippen LogP contribution in [0.15, 0.2) is 71.7 Å². The number of benzene rings is 2. The van der Waals surface area contributed by atoms with Crippen molar-refractivity contribution in [2.24, 2.45) is 0 Å². The van der Waals surface area contributed by atoms with E-state index in [4.69, 9.17) is 0 Å². The van der Waals surface area contributed by atoms with Gasteiger partial charge in [-0.1, -0.05) is 23.5 Å². The van der Waals surface area contributed by atoms with Crippen molar-refractivity contribution in [1.29, 1.82) is 0 Å². The molecule has 0 aliphatic heterocycles. The van der Waals surface area contributed by atoms with Crippen molar-refractivity contribution in [3.63, 3.8) is 0 Å². The van der Waals surface area contributed by atoms with Gasteiger partial charge in [0.2, 0.25) is 0 Å². The maximum absolute atomic E-state index is 12.9. The van der Waals surface area contributed by atoms with Gasteiger partial charge in [0.1, 0.15) is 0 Å². The Balaban J connectivity index is 1.65. The van der Waals surface area contributed by atoms with Crippen molar-refractivity contribution >= 4 is 39.1 Å². The normalized spacial score (nSPS) is 12.2. The molecule has 0 saturated heterocycles. The minimum Gasteiger partial charge on any atom is -0.317 e.